The minimum Gasteiger partial charge on any atom is -0.326 e. The zero-order chi connectivity index (χ0) is 22.1. The van der Waals surface area contributed by atoms with Gasteiger partial charge in [0.2, 0.25) is 11.8 Å². The Morgan fingerprint density at radius 1 is 1.10 bits per heavy atom. The predicted octanol–water partition coefficient (Wildman–Crippen LogP) is 4.53. The second-order valence-electron chi connectivity index (χ2n) is 8.65. The number of nitrogens with zero attached hydrogens (tertiary/aromatic N) is 2. The molecule has 0 aliphatic carbocycles. The summed E-state index contributed by atoms with van der Waals surface area (Å²) in [6.45, 7) is 5.97. The molecule has 5 nitrogen and oxygen atoms in total. The van der Waals surface area contributed by atoms with Gasteiger partial charge in [-0.3, -0.25) is 14.4 Å². The van der Waals surface area contributed by atoms with Gasteiger partial charge in [-0.2, -0.15) is 0 Å². The molecule has 3 amide bonds. The van der Waals surface area contributed by atoms with Gasteiger partial charge in [0.1, 0.15) is 11.9 Å². The first kappa shape index (κ1) is 22.4. The van der Waals surface area contributed by atoms with Gasteiger partial charge in [0, 0.05) is 16.5 Å². The largest absolute Gasteiger partial charge is 0.326 e. The van der Waals surface area contributed by atoms with Crippen molar-refractivity contribution in [2.24, 2.45) is 5.41 Å². The molecule has 3 rings (SSSR count). The molecule has 2 aromatic carbocycles. The minimum atomic E-state index is -0.878. The van der Waals surface area contributed by atoms with Crippen molar-refractivity contribution in [3.63, 3.8) is 0 Å². The molecule has 1 aliphatic rings. The lowest BCUT2D eigenvalue weighted by atomic mass is 9.91. The van der Waals surface area contributed by atoms with Gasteiger partial charge < -0.3 is 4.90 Å². The van der Waals surface area contributed by atoms with Crippen molar-refractivity contribution in [3.8, 4) is 0 Å². The Morgan fingerprint density at radius 2 is 1.70 bits per heavy atom. The first-order valence-electron chi connectivity index (χ1n) is 9.71. The standard InChI is InChI=1S/C23H24FIN2O3/c1-23(2,3)13-21(29)26(14-15-4-6-16(24)7-5-15)19-12-20(28)27(22(19)30)18-10-8-17(25)9-11-18/h4-11,19H,12-14H2,1-3H3. The number of hydrogen-bond acceptors (Lipinski definition) is 3. The summed E-state index contributed by atoms with van der Waals surface area (Å²) in [5.74, 6) is -1.32. The number of carbonyl (C=O) groups excluding carboxylic acids is 3. The van der Waals surface area contributed by atoms with Crippen LogP contribution in [-0.4, -0.2) is 28.7 Å². The van der Waals surface area contributed by atoms with Gasteiger partial charge >= 0.3 is 0 Å². The molecule has 1 atom stereocenters. The summed E-state index contributed by atoms with van der Waals surface area (Å²) in [4.78, 5) is 41.7. The van der Waals surface area contributed by atoms with E-state index >= 15 is 0 Å². The molecule has 0 spiro atoms. The summed E-state index contributed by atoms with van der Waals surface area (Å²) in [6, 6.07) is 12.0. The average molecular weight is 522 g/mol. The van der Waals surface area contributed by atoms with E-state index in [1.165, 1.54) is 17.0 Å². The molecule has 1 heterocycles. The molecule has 1 fully saturated rings. The topological polar surface area (TPSA) is 57.7 Å². The average Bonchev–Trinajstić information content (AvgIpc) is 2.94. The molecule has 0 bridgehead atoms. The number of rotatable bonds is 5. The van der Waals surface area contributed by atoms with E-state index in [1.54, 1.807) is 24.3 Å². The van der Waals surface area contributed by atoms with Crippen molar-refractivity contribution in [3.05, 3.63) is 63.5 Å². The number of benzene rings is 2. The highest BCUT2D eigenvalue weighted by atomic mass is 127. The van der Waals surface area contributed by atoms with Crippen LogP contribution in [-0.2, 0) is 20.9 Å². The van der Waals surface area contributed by atoms with Crippen molar-refractivity contribution in [1.29, 1.82) is 0 Å². The fourth-order valence-corrected chi connectivity index (χ4v) is 3.79. The summed E-state index contributed by atoms with van der Waals surface area (Å²) in [5.41, 5.74) is 0.920. The zero-order valence-corrected chi connectivity index (χ0v) is 19.4. The molecular weight excluding hydrogens is 498 g/mol. The molecule has 158 valence electrons. The Balaban J connectivity index is 1.90. The molecule has 0 aromatic heterocycles. The van der Waals surface area contributed by atoms with Gasteiger partial charge in [0.05, 0.1) is 12.1 Å². The van der Waals surface area contributed by atoms with E-state index in [2.05, 4.69) is 22.6 Å². The van der Waals surface area contributed by atoms with E-state index in [9.17, 15) is 18.8 Å². The molecule has 1 aliphatic heterocycles. The predicted molar refractivity (Wildman–Crippen MR) is 121 cm³/mol. The molecule has 1 unspecified atom stereocenters. The van der Waals surface area contributed by atoms with Gasteiger partial charge in [-0.05, 0) is 70.0 Å². The quantitative estimate of drug-likeness (QED) is 0.429. The second-order valence-corrected chi connectivity index (χ2v) is 9.89. The van der Waals surface area contributed by atoms with Crippen LogP contribution in [0, 0.1) is 14.8 Å². The number of anilines is 1. The van der Waals surface area contributed by atoms with Crippen molar-refractivity contribution in [2.75, 3.05) is 4.90 Å². The van der Waals surface area contributed by atoms with E-state index in [0.717, 1.165) is 8.47 Å². The van der Waals surface area contributed by atoms with Crippen molar-refractivity contribution in [2.45, 2.75) is 46.2 Å². The van der Waals surface area contributed by atoms with E-state index in [0.29, 0.717) is 11.3 Å². The smallest absolute Gasteiger partial charge is 0.257 e. The number of hydrogen-bond donors (Lipinski definition) is 0. The maximum absolute atomic E-state index is 13.3. The Kier molecular flexibility index (Phi) is 6.59. The van der Waals surface area contributed by atoms with Crippen LogP contribution in [0.15, 0.2) is 48.5 Å². The fourth-order valence-electron chi connectivity index (χ4n) is 3.43. The fraction of sp³-hybridized carbons (Fsp3) is 0.348. The summed E-state index contributed by atoms with van der Waals surface area (Å²) in [7, 11) is 0. The van der Waals surface area contributed by atoms with Crippen LogP contribution in [0.1, 0.15) is 39.2 Å². The van der Waals surface area contributed by atoms with E-state index in [4.69, 9.17) is 0 Å². The lowest BCUT2D eigenvalue weighted by molar-refractivity contribution is -0.140. The van der Waals surface area contributed by atoms with Crippen LogP contribution in [0.2, 0.25) is 0 Å². The lowest BCUT2D eigenvalue weighted by Gasteiger charge is -2.30. The third kappa shape index (κ3) is 5.24. The van der Waals surface area contributed by atoms with Crippen LogP contribution in [0.25, 0.3) is 0 Å². The first-order chi connectivity index (χ1) is 14.0. The summed E-state index contributed by atoms with van der Waals surface area (Å²) >= 11 is 2.15. The Hall–Kier alpha value is -2.29. The lowest BCUT2D eigenvalue weighted by Crippen LogP contribution is -2.46. The number of halogens is 2. The Labute approximate surface area is 189 Å². The summed E-state index contributed by atoms with van der Waals surface area (Å²) in [5, 5.41) is 0. The van der Waals surface area contributed by atoms with Crippen LogP contribution >= 0.6 is 22.6 Å². The number of imide groups is 1. The molecule has 30 heavy (non-hydrogen) atoms. The Morgan fingerprint density at radius 3 is 2.27 bits per heavy atom. The molecule has 0 radical (unpaired) electrons. The monoisotopic (exact) mass is 522 g/mol. The third-order valence-corrected chi connectivity index (χ3v) is 5.57. The molecule has 1 saturated heterocycles. The SMILES string of the molecule is CC(C)(C)CC(=O)N(Cc1ccc(F)cc1)C1CC(=O)N(c2ccc(I)cc2)C1=O. The van der Waals surface area contributed by atoms with E-state index < -0.39 is 11.9 Å². The van der Waals surface area contributed by atoms with Crippen molar-refractivity contribution >= 4 is 46.0 Å². The van der Waals surface area contributed by atoms with Gasteiger partial charge in [-0.25, -0.2) is 9.29 Å². The molecule has 0 N–H and O–H groups in total. The van der Waals surface area contributed by atoms with Gasteiger partial charge in [0.25, 0.3) is 5.91 Å². The van der Waals surface area contributed by atoms with Crippen molar-refractivity contribution in [1.82, 2.24) is 4.90 Å². The molecular formula is C23H24FIN2O3. The maximum atomic E-state index is 13.3. The van der Waals surface area contributed by atoms with Crippen molar-refractivity contribution < 1.29 is 18.8 Å². The number of amides is 3. The highest BCUT2D eigenvalue weighted by molar-refractivity contribution is 14.1. The first-order valence-corrected chi connectivity index (χ1v) is 10.8. The highest BCUT2D eigenvalue weighted by Gasteiger charge is 2.44. The third-order valence-electron chi connectivity index (χ3n) is 4.85. The zero-order valence-electron chi connectivity index (χ0n) is 17.2. The van der Waals surface area contributed by atoms with Crippen LogP contribution < -0.4 is 4.90 Å². The molecule has 0 saturated carbocycles. The van der Waals surface area contributed by atoms with Crippen LogP contribution in [0.4, 0.5) is 10.1 Å². The summed E-state index contributed by atoms with van der Waals surface area (Å²) < 4.78 is 14.3. The highest BCUT2D eigenvalue weighted by Crippen LogP contribution is 2.29. The van der Waals surface area contributed by atoms with Gasteiger partial charge in [0.15, 0.2) is 0 Å². The second kappa shape index (κ2) is 8.83. The maximum Gasteiger partial charge on any atom is 0.257 e. The normalized spacial score (nSPS) is 16.8. The van der Waals surface area contributed by atoms with E-state index in [-0.39, 0.29) is 42.4 Å². The van der Waals surface area contributed by atoms with E-state index in [1.807, 2.05) is 32.9 Å². The minimum absolute atomic E-state index is 0.0676. The summed E-state index contributed by atoms with van der Waals surface area (Å²) in [6.07, 6.45) is 0.164. The van der Waals surface area contributed by atoms with Crippen LogP contribution in [0.3, 0.4) is 0 Å². The van der Waals surface area contributed by atoms with Gasteiger partial charge in [-0.15, -0.1) is 0 Å². The Bertz CT molecular complexity index is 952. The molecule has 2 aromatic rings. The number of carbonyl (C=O) groups is 3. The van der Waals surface area contributed by atoms with Gasteiger partial charge in [-0.1, -0.05) is 32.9 Å². The van der Waals surface area contributed by atoms with Crippen LogP contribution in [0.5, 0.6) is 0 Å². The molecule has 7 heteroatoms.